The van der Waals surface area contributed by atoms with Crippen molar-refractivity contribution in [2.75, 3.05) is 19.6 Å². The lowest BCUT2D eigenvalue weighted by atomic mass is 9.89. The minimum absolute atomic E-state index is 0.00418. The Hall–Kier alpha value is -3.56. The van der Waals surface area contributed by atoms with Gasteiger partial charge in [-0.15, -0.1) is 0 Å². The van der Waals surface area contributed by atoms with E-state index in [0.29, 0.717) is 6.54 Å². The molecule has 0 saturated carbocycles. The van der Waals surface area contributed by atoms with Crippen LogP contribution in [0.15, 0.2) is 72.8 Å². The maximum absolute atomic E-state index is 12.1. The van der Waals surface area contributed by atoms with Gasteiger partial charge in [-0.25, -0.2) is 0 Å². The summed E-state index contributed by atoms with van der Waals surface area (Å²) in [7, 11) is 0. The number of aliphatic carboxylic acids is 1. The van der Waals surface area contributed by atoms with Crippen LogP contribution in [0.2, 0.25) is 0 Å². The van der Waals surface area contributed by atoms with Gasteiger partial charge in [-0.1, -0.05) is 86.1 Å². The number of nitrogens with one attached hydrogen (secondary N) is 1. The van der Waals surface area contributed by atoms with Crippen molar-refractivity contribution in [2.45, 2.75) is 70.7 Å². The lowest BCUT2D eigenvalue weighted by Gasteiger charge is -2.43. The predicted octanol–water partition coefficient (Wildman–Crippen LogP) is 5.60. The second-order valence-electron chi connectivity index (χ2n) is 11.6. The van der Waals surface area contributed by atoms with Crippen LogP contribution in [-0.2, 0) is 32.2 Å². The second kappa shape index (κ2) is 14.8. The zero-order valence-corrected chi connectivity index (χ0v) is 24.8. The molecule has 0 spiro atoms. The fraction of sp³-hybridized carbons (Fsp3) is 0.429. The predicted molar refractivity (Wildman–Crippen MR) is 164 cm³/mol. The summed E-state index contributed by atoms with van der Waals surface area (Å²) in [5.41, 5.74) is 5.85. The highest BCUT2D eigenvalue weighted by atomic mass is 16.7. The van der Waals surface area contributed by atoms with Gasteiger partial charge >= 0.3 is 5.97 Å². The molecule has 3 aromatic carbocycles. The Bertz CT molecular complexity index is 1350. The maximum atomic E-state index is 12.1. The zero-order valence-electron chi connectivity index (χ0n) is 24.8. The Morgan fingerprint density at radius 3 is 2.28 bits per heavy atom. The van der Waals surface area contributed by atoms with Crippen LogP contribution in [0.5, 0.6) is 0 Å². The highest BCUT2D eigenvalue weighted by Crippen LogP contribution is 2.42. The smallest absolute Gasteiger partial charge is 0.303 e. The normalized spacial score (nSPS) is 22.7. The molecule has 0 aliphatic carbocycles. The maximum Gasteiger partial charge on any atom is 0.303 e. The van der Waals surface area contributed by atoms with Gasteiger partial charge in [-0.05, 0) is 53.7 Å². The Balaban J connectivity index is 1.33. The average Bonchev–Trinajstić information content (AvgIpc) is 3.04. The number of amides is 1. The van der Waals surface area contributed by atoms with Gasteiger partial charge < -0.3 is 29.9 Å². The number of carbonyl (C=O) groups is 2. The van der Waals surface area contributed by atoms with Crippen molar-refractivity contribution < 1.29 is 29.3 Å². The second-order valence-corrected chi connectivity index (χ2v) is 11.6. The van der Waals surface area contributed by atoms with E-state index in [-0.39, 0.29) is 43.5 Å². The Kier molecular flexibility index (Phi) is 10.6. The third-order valence-electron chi connectivity index (χ3n) is 8.56. The van der Waals surface area contributed by atoms with E-state index in [0.717, 1.165) is 53.0 Å². The van der Waals surface area contributed by atoms with Gasteiger partial charge in [-0.2, -0.15) is 0 Å². The van der Waals surface area contributed by atoms with E-state index < -0.39 is 12.3 Å². The minimum Gasteiger partial charge on any atom is -0.481 e. The molecule has 4 atom stereocenters. The molecule has 43 heavy (non-hydrogen) atoms. The number of nitrogens with zero attached hydrogens (tertiary/aromatic N) is 1. The summed E-state index contributed by atoms with van der Waals surface area (Å²) in [5.74, 6) is -1.12. The first-order valence-electron chi connectivity index (χ1n) is 15.3. The molecule has 8 heteroatoms. The number of aliphatic hydroxyl groups is 1. The fourth-order valence-electron chi connectivity index (χ4n) is 6.00. The van der Waals surface area contributed by atoms with Crippen LogP contribution in [-0.4, -0.2) is 52.7 Å². The number of benzene rings is 3. The van der Waals surface area contributed by atoms with E-state index >= 15 is 0 Å². The van der Waals surface area contributed by atoms with Gasteiger partial charge in [0.2, 0.25) is 5.91 Å². The molecule has 2 heterocycles. The number of likely N-dealkylation sites (tertiary alicyclic amines) is 1. The first kappa shape index (κ1) is 30.9. The van der Waals surface area contributed by atoms with Gasteiger partial charge in [0.05, 0.1) is 25.2 Å². The van der Waals surface area contributed by atoms with Gasteiger partial charge in [0.1, 0.15) is 0 Å². The molecule has 3 aromatic rings. The molecule has 2 aliphatic heterocycles. The number of ether oxygens (including phenoxy) is 2. The molecule has 2 aliphatic rings. The van der Waals surface area contributed by atoms with Gasteiger partial charge in [0, 0.05) is 31.0 Å². The molecule has 2 fully saturated rings. The van der Waals surface area contributed by atoms with Crippen LogP contribution in [0.4, 0.5) is 0 Å². The minimum atomic E-state index is -0.986. The van der Waals surface area contributed by atoms with E-state index in [9.17, 15) is 14.7 Å². The van der Waals surface area contributed by atoms with E-state index in [4.69, 9.17) is 14.6 Å². The van der Waals surface area contributed by atoms with Crippen molar-refractivity contribution >= 4 is 11.9 Å². The van der Waals surface area contributed by atoms with Crippen LogP contribution >= 0.6 is 0 Å². The van der Waals surface area contributed by atoms with E-state index in [1.807, 2.05) is 60.7 Å². The summed E-state index contributed by atoms with van der Waals surface area (Å²) < 4.78 is 13.3. The summed E-state index contributed by atoms with van der Waals surface area (Å²) in [5, 5.41) is 21.2. The van der Waals surface area contributed by atoms with Crippen LogP contribution in [0.3, 0.4) is 0 Å². The lowest BCUT2D eigenvalue weighted by Crippen LogP contribution is -2.45. The van der Waals surface area contributed by atoms with Crippen molar-refractivity contribution in [3.8, 4) is 11.1 Å². The topological polar surface area (TPSA) is 108 Å². The molecular weight excluding hydrogens is 544 g/mol. The van der Waals surface area contributed by atoms with Crippen molar-refractivity contribution in [3.63, 3.8) is 0 Å². The van der Waals surface area contributed by atoms with Crippen molar-refractivity contribution in [3.05, 3.63) is 95.1 Å². The zero-order chi connectivity index (χ0) is 30.2. The van der Waals surface area contributed by atoms with E-state index in [1.165, 1.54) is 19.3 Å². The summed E-state index contributed by atoms with van der Waals surface area (Å²) in [6.45, 7) is 5.60. The molecule has 0 radical (unpaired) electrons. The molecule has 1 amide bonds. The molecule has 3 N–H and O–H groups in total. The fourth-order valence-corrected chi connectivity index (χ4v) is 6.00. The highest BCUT2D eigenvalue weighted by Gasteiger charge is 2.39. The average molecular weight is 587 g/mol. The molecule has 228 valence electrons. The Morgan fingerprint density at radius 1 is 0.884 bits per heavy atom. The summed E-state index contributed by atoms with van der Waals surface area (Å²) >= 11 is 0. The van der Waals surface area contributed by atoms with Gasteiger partial charge in [-0.3, -0.25) is 9.59 Å². The monoisotopic (exact) mass is 586 g/mol. The number of carboxylic acids is 1. The highest BCUT2D eigenvalue weighted by molar-refractivity contribution is 5.80. The number of hydrogen-bond donors (Lipinski definition) is 3. The Morgan fingerprint density at radius 2 is 1.58 bits per heavy atom. The molecule has 8 nitrogen and oxygen atoms in total. The van der Waals surface area contributed by atoms with Crippen LogP contribution in [0.25, 0.3) is 11.1 Å². The van der Waals surface area contributed by atoms with Crippen LogP contribution in [0, 0.1) is 5.92 Å². The number of aliphatic hydroxyl groups excluding tert-OH is 1. The third-order valence-corrected chi connectivity index (χ3v) is 8.56. The van der Waals surface area contributed by atoms with Crippen LogP contribution < -0.4 is 5.32 Å². The van der Waals surface area contributed by atoms with Crippen molar-refractivity contribution in [1.82, 2.24) is 10.2 Å². The lowest BCUT2D eigenvalue weighted by molar-refractivity contribution is -0.276. The first-order chi connectivity index (χ1) is 20.9. The van der Waals surface area contributed by atoms with E-state index in [1.54, 1.807) is 0 Å². The first-order valence-corrected chi connectivity index (χ1v) is 15.3. The number of piperidine rings is 1. The molecule has 2 saturated heterocycles. The van der Waals surface area contributed by atoms with Gasteiger partial charge in [0.25, 0.3) is 0 Å². The summed E-state index contributed by atoms with van der Waals surface area (Å²) in [4.78, 5) is 25.4. The number of hydrogen-bond acceptors (Lipinski definition) is 6. The van der Waals surface area contributed by atoms with Gasteiger partial charge in [0.15, 0.2) is 6.29 Å². The number of carboxylic acid groups (broad SMARTS) is 1. The molecule has 0 bridgehead atoms. The Labute approximate surface area is 253 Å². The molecule has 4 unspecified atom stereocenters. The number of carbonyl (C=O) groups excluding carboxylic acids is 1. The molecular formula is C35H42N2O6. The van der Waals surface area contributed by atoms with Crippen molar-refractivity contribution in [2.24, 2.45) is 5.92 Å². The molecule has 0 aromatic heterocycles. The summed E-state index contributed by atoms with van der Waals surface area (Å²) in [6.07, 6.45) is 2.84. The quantitative estimate of drug-likeness (QED) is 0.268. The third kappa shape index (κ3) is 8.09. The van der Waals surface area contributed by atoms with Crippen molar-refractivity contribution in [1.29, 1.82) is 0 Å². The largest absolute Gasteiger partial charge is 0.481 e. The van der Waals surface area contributed by atoms with Crippen LogP contribution in [0.1, 0.15) is 73.7 Å². The molecule has 5 rings (SSSR count). The van der Waals surface area contributed by atoms with E-state index in [2.05, 4.69) is 29.3 Å². The standard InChI is InChI=1S/C35H42N2O6/c1-24-31(22-37-19-5-2-6-20-37)42-35(43-34(24)27-11-9-25(23-38)10-12-27)28-15-13-26(14-16-28)30-8-4-3-7-29(30)21-36-32(39)17-18-33(40)41/h3-4,7-16,24,31,34-35,38H,2,5-6,17-23H2,1H3,(H,36,39)(H,40,41). The number of rotatable bonds is 11. The summed E-state index contributed by atoms with van der Waals surface area (Å²) in [6, 6.07) is 24.1. The SMILES string of the molecule is CC1C(CN2CCCCC2)OC(c2ccc(-c3ccccc3CNC(=O)CCC(=O)O)cc2)OC1c1ccc(CO)cc1.